The second kappa shape index (κ2) is 4.65. The highest BCUT2D eigenvalue weighted by atomic mass is 16.2. The molecule has 2 nitrogen and oxygen atoms in total. The first-order valence-electron chi connectivity index (χ1n) is 6.39. The van der Waals surface area contributed by atoms with Crippen molar-refractivity contribution < 1.29 is 9.90 Å². The third kappa shape index (κ3) is 2.25. The first-order valence-corrected chi connectivity index (χ1v) is 6.39. The zero-order valence-corrected chi connectivity index (χ0v) is 9.50. The molecule has 0 aromatic rings. The second-order valence-electron chi connectivity index (χ2n) is 5.38. The van der Waals surface area contributed by atoms with Gasteiger partial charge in [0.15, 0.2) is 0 Å². The molecule has 86 valence electrons. The van der Waals surface area contributed by atoms with E-state index in [0.29, 0.717) is 17.1 Å². The Hall–Kier alpha value is -0.370. The van der Waals surface area contributed by atoms with Gasteiger partial charge < -0.3 is 5.11 Å². The van der Waals surface area contributed by atoms with Crippen LogP contribution in [0.4, 0.5) is 0 Å². The number of carbonyl (C=O) groups is 1. The second-order valence-corrected chi connectivity index (χ2v) is 5.38. The molecule has 0 aromatic carbocycles. The third-order valence-electron chi connectivity index (χ3n) is 4.55. The lowest BCUT2D eigenvalue weighted by molar-refractivity contribution is -0.125. The first-order chi connectivity index (χ1) is 7.27. The van der Waals surface area contributed by atoms with Crippen LogP contribution in [0.1, 0.15) is 57.8 Å². The normalized spacial score (nSPS) is 29.9. The van der Waals surface area contributed by atoms with Gasteiger partial charge in [0, 0.05) is 19.4 Å². The van der Waals surface area contributed by atoms with E-state index < -0.39 is 0 Å². The van der Waals surface area contributed by atoms with E-state index in [1.165, 1.54) is 25.7 Å². The molecule has 1 spiro atoms. The molecule has 0 heterocycles. The van der Waals surface area contributed by atoms with Gasteiger partial charge in [-0.25, -0.2) is 0 Å². The Morgan fingerprint density at radius 1 is 1.27 bits per heavy atom. The molecule has 2 fully saturated rings. The van der Waals surface area contributed by atoms with Gasteiger partial charge in [0.25, 0.3) is 0 Å². The standard InChI is InChI=1S/C13H22O2/c14-9-3-4-11-10-12(15)5-8-13(11)6-1-2-7-13/h11,14H,1-10H2. The topological polar surface area (TPSA) is 37.3 Å². The molecular formula is C13H22O2. The van der Waals surface area contributed by atoms with Crippen LogP contribution in [0.25, 0.3) is 0 Å². The summed E-state index contributed by atoms with van der Waals surface area (Å²) in [6.45, 7) is 0.279. The van der Waals surface area contributed by atoms with Crippen LogP contribution < -0.4 is 0 Å². The lowest BCUT2D eigenvalue weighted by Crippen LogP contribution is -2.34. The van der Waals surface area contributed by atoms with Gasteiger partial charge in [0.05, 0.1) is 0 Å². The Bertz CT molecular complexity index is 229. The van der Waals surface area contributed by atoms with E-state index in [-0.39, 0.29) is 6.61 Å². The smallest absolute Gasteiger partial charge is 0.133 e. The lowest BCUT2D eigenvalue weighted by Gasteiger charge is -2.41. The van der Waals surface area contributed by atoms with Crippen molar-refractivity contribution in [2.24, 2.45) is 11.3 Å². The van der Waals surface area contributed by atoms with E-state index in [0.717, 1.165) is 32.1 Å². The van der Waals surface area contributed by atoms with Crippen LogP contribution in [0.3, 0.4) is 0 Å². The van der Waals surface area contributed by atoms with Crippen LogP contribution in [0.2, 0.25) is 0 Å². The van der Waals surface area contributed by atoms with Crippen molar-refractivity contribution in [3.05, 3.63) is 0 Å². The molecule has 2 saturated carbocycles. The highest BCUT2D eigenvalue weighted by molar-refractivity contribution is 5.79. The summed E-state index contributed by atoms with van der Waals surface area (Å²) in [6, 6.07) is 0. The minimum atomic E-state index is 0.279. The molecule has 0 aromatic heterocycles. The van der Waals surface area contributed by atoms with Crippen LogP contribution in [-0.4, -0.2) is 17.5 Å². The van der Waals surface area contributed by atoms with Crippen molar-refractivity contribution in [2.45, 2.75) is 57.8 Å². The van der Waals surface area contributed by atoms with Crippen molar-refractivity contribution in [1.82, 2.24) is 0 Å². The Morgan fingerprint density at radius 3 is 2.67 bits per heavy atom. The maximum Gasteiger partial charge on any atom is 0.133 e. The maximum atomic E-state index is 11.5. The molecule has 1 unspecified atom stereocenters. The van der Waals surface area contributed by atoms with Gasteiger partial charge in [-0.15, -0.1) is 0 Å². The molecule has 0 amide bonds. The highest BCUT2D eigenvalue weighted by Gasteiger charge is 2.44. The molecule has 2 aliphatic rings. The summed E-state index contributed by atoms with van der Waals surface area (Å²) >= 11 is 0. The summed E-state index contributed by atoms with van der Waals surface area (Å²) in [5, 5.41) is 8.91. The van der Waals surface area contributed by atoms with Crippen molar-refractivity contribution in [1.29, 1.82) is 0 Å². The zero-order valence-electron chi connectivity index (χ0n) is 9.50. The van der Waals surface area contributed by atoms with Crippen molar-refractivity contribution >= 4 is 5.78 Å². The Balaban J connectivity index is 2.02. The van der Waals surface area contributed by atoms with Gasteiger partial charge in [0.2, 0.25) is 0 Å². The summed E-state index contributed by atoms with van der Waals surface area (Å²) in [5.41, 5.74) is 0.489. The van der Waals surface area contributed by atoms with Crippen LogP contribution >= 0.6 is 0 Å². The summed E-state index contributed by atoms with van der Waals surface area (Å²) in [4.78, 5) is 11.5. The quantitative estimate of drug-likeness (QED) is 0.777. The van der Waals surface area contributed by atoms with E-state index in [4.69, 9.17) is 5.11 Å². The number of hydrogen-bond acceptors (Lipinski definition) is 2. The Morgan fingerprint density at radius 2 is 2.00 bits per heavy atom. The Labute approximate surface area is 92.1 Å². The number of Topliss-reactive ketones (excluding diaryl/α,β-unsaturated/α-hetero) is 1. The van der Waals surface area contributed by atoms with Crippen molar-refractivity contribution in [3.63, 3.8) is 0 Å². The van der Waals surface area contributed by atoms with Gasteiger partial charge in [0.1, 0.15) is 5.78 Å². The lowest BCUT2D eigenvalue weighted by atomic mass is 9.63. The van der Waals surface area contributed by atoms with E-state index in [1.54, 1.807) is 0 Å². The number of carbonyl (C=O) groups excluding carboxylic acids is 1. The fourth-order valence-corrected chi connectivity index (χ4v) is 3.67. The van der Waals surface area contributed by atoms with Crippen molar-refractivity contribution in [2.75, 3.05) is 6.61 Å². The molecule has 0 aliphatic heterocycles. The monoisotopic (exact) mass is 210 g/mol. The average molecular weight is 210 g/mol. The molecule has 1 N–H and O–H groups in total. The molecule has 1 atom stereocenters. The van der Waals surface area contributed by atoms with Crippen LogP contribution in [-0.2, 0) is 4.79 Å². The third-order valence-corrected chi connectivity index (χ3v) is 4.55. The molecular weight excluding hydrogens is 188 g/mol. The summed E-state index contributed by atoms with van der Waals surface area (Å²) in [6.07, 6.45) is 10.0. The van der Waals surface area contributed by atoms with Gasteiger partial charge in [-0.1, -0.05) is 12.8 Å². The molecule has 2 rings (SSSR count). The number of aliphatic hydroxyl groups is 1. The number of rotatable bonds is 3. The van der Waals surface area contributed by atoms with E-state index >= 15 is 0 Å². The van der Waals surface area contributed by atoms with Crippen molar-refractivity contribution in [3.8, 4) is 0 Å². The highest BCUT2D eigenvalue weighted by Crippen LogP contribution is 2.53. The van der Waals surface area contributed by atoms with E-state index in [2.05, 4.69) is 0 Å². The average Bonchev–Trinajstić information content (AvgIpc) is 2.70. The fraction of sp³-hybridized carbons (Fsp3) is 0.923. The molecule has 0 saturated heterocycles. The molecule has 2 aliphatic carbocycles. The molecule has 15 heavy (non-hydrogen) atoms. The largest absolute Gasteiger partial charge is 0.396 e. The van der Waals surface area contributed by atoms with Gasteiger partial charge >= 0.3 is 0 Å². The van der Waals surface area contributed by atoms with E-state index in [9.17, 15) is 4.79 Å². The minimum Gasteiger partial charge on any atom is -0.396 e. The van der Waals surface area contributed by atoms with Gasteiger partial charge in [-0.3, -0.25) is 4.79 Å². The maximum absolute atomic E-state index is 11.5. The van der Waals surface area contributed by atoms with Gasteiger partial charge in [-0.2, -0.15) is 0 Å². The predicted molar refractivity (Wildman–Crippen MR) is 59.6 cm³/mol. The summed E-state index contributed by atoms with van der Waals surface area (Å²) in [5.74, 6) is 1.03. The summed E-state index contributed by atoms with van der Waals surface area (Å²) in [7, 11) is 0. The molecule has 0 radical (unpaired) electrons. The van der Waals surface area contributed by atoms with Crippen LogP contribution in [0.15, 0.2) is 0 Å². The molecule has 0 bridgehead atoms. The van der Waals surface area contributed by atoms with E-state index in [1.807, 2.05) is 0 Å². The van der Waals surface area contributed by atoms with Crippen LogP contribution in [0.5, 0.6) is 0 Å². The zero-order chi connectivity index (χ0) is 10.7. The summed E-state index contributed by atoms with van der Waals surface area (Å²) < 4.78 is 0. The van der Waals surface area contributed by atoms with Gasteiger partial charge in [-0.05, 0) is 43.4 Å². The Kier molecular flexibility index (Phi) is 3.45. The fourth-order valence-electron chi connectivity index (χ4n) is 3.67. The van der Waals surface area contributed by atoms with Crippen LogP contribution in [0, 0.1) is 11.3 Å². The number of aliphatic hydroxyl groups excluding tert-OH is 1. The predicted octanol–water partition coefficient (Wildman–Crippen LogP) is 2.69. The number of hydrogen-bond donors (Lipinski definition) is 1. The first kappa shape index (κ1) is 11.1. The SMILES string of the molecule is O=C1CCC2(CCCC2)C(CCCO)C1. The minimum absolute atomic E-state index is 0.279. The number of ketones is 1. The molecule has 2 heteroatoms.